The molecule has 7 heteroatoms. The average molecular weight is 428 g/mol. The summed E-state index contributed by atoms with van der Waals surface area (Å²) in [6.07, 6.45) is 5.78. The Morgan fingerprint density at radius 2 is 1.97 bits per heavy atom. The van der Waals surface area contributed by atoms with Crippen LogP contribution in [0.5, 0.6) is 0 Å². The van der Waals surface area contributed by atoms with E-state index in [4.69, 9.17) is 9.47 Å². The fourth-order valence-electron chi connectivity index (χ4n) is 3.98. The molecule has 1 amide bonds. The summed E-state index contributed by atoms with van der Waals surface area (Å²) < 4.78 is 14.3. The third kappa shape index (κ3) is 4.91. The first-order valence-corrected chi connectivity index (χ1v) is 11.5. The maximum atomic E-state index is 13.0. The molecule has 0 radical (unpaired) electrons. The minimum Gasteiger partial charge on any atom is -0.379 e. The molecule has 1 aliphatic rings. The second kappa shape index (κ2) is 10.2. The number of aromatic nitrogens is 2. The number of rotatable bonds is 9. The Balaban J connectivity index is 1.29. The number of hydrogen-bond donors (Lipinski definition) is 0. The molecule has 3 aromatic rings. The highest BCUT2D eigenvalue weighted by Gasteiger charge is 2.27. The smallest absolute Gasteiger partial charge is 0.263 e. The monoisotopic (exact) mass is 427 g/mol. The van der Waals surface area contributed by atoms with Crippen molar-refractivity contribution in [3.63, 3.8) is 0 Å². The first kappa shape index (κ1) is 21.0. The van der Waals surface area contributed by atoms with Crippen LogP contribution < -0.4 is 0 Å². The number of thiophene rings is 1. The van der Waals surface area contributed by atoms with Gasteiger partial charge in [0.15, 0.2) is 0 Å². The van der Waals surface area contributed by atoms with Crippen molar-refractivity contribution in [2.45, 2.75) is 32.2 Å². The van der Waals surface area contributed by atoms with E-state index in [-0.39, 0.29) is 5.91 Å². The van der Waals surface area contributed by atoms with Gasteiger partial charge in [0, 0.05) is 49.3 Å². The first-order valence-electron chi connectivity index (χ1n) is 10.7. The zero-order valence-electron chi connectivity index (χ0n) is 17.5. The lowest BCUT2D eigenvalue weighted by molar-refractivity contribution is 0.0492. The molecular weight excluding hydrogens is 398 g/mol. The van der Waals surface area contributed by atoms with E-state index in [9.17, 15) is 4.79 Å². The number of fused-ring (bicyclic) bond motifs is 1. The molecule has 30 heavy (non-hydrogen) atoms. The maximum Gasteiger partial charge on any atom is 0.263 e. The van der Waals surface area contributed by atoms with Crippen molar-refractivity contribution in [2.75, 3.05) is 39.5 Å². The number of carbonyl (C=O) groups excluding carboxylic acids is 1. The highest BCUT2D eigenvalue weighted by molar-refractivity contribution is 7.20. The van der Waals surface area contributed by atoms with Crippen molar-refractivity contribution in [2.24, 2.45) is 0 Å². The van der Waals surface area contributed by atoms with E-state index in [0.717, 1.165) is 55.2 Å². The fraction of sp³-hybridized carbons (Fsp3) is 0.478. The molecule has 0 N–H and O–H groups in total. The van der Waals surface area contributed by atoms with Crippen molar-refractivity contribution in [1.82, 2.24) is 14.5 Å². The van der Waals surface area contributed by atoms with Gasteiger partial charge in [0.2, 0.25) is 0 Å². The van der Waals surface area contributed by atoms with Crippen molar-refractivity contribution in [3.05, 3.63) is 53.4 Å². The molecule has 2 aromatic heterocycles. The third-order valence-electron chi connectivity index (χ3n) is 5.58. The fourth-order valence-corrected chi connectivity index (χ4v) is 5.01. The van der Waals surface area contributed by atoms with Crippen molar-refractivity contribution < 1.29 is 14.3 Å². The third-order valence-corrected chi connectivity index (χ3v) is 6.69. The molecule has 1 saturated heterocycles. The molecule has 4 rings (SSSR count). The summed E-state index contributed by atoms with van der Waals surface area (Å²) in [6, 6.07) is 10.2. The summed E-state index contributed by atoms with van der Waals surface area (Å²) >= 11 is 1.59. The largest absolute Gasteiger partial charge is 0.379 e. The molecule has 1 fully saturated rings. The summed E-state index contributed by atoms with van der Waals surface area (Å²) in [5.74, 6) is 1.65. The Bertz CT molecular complexity index is 926. The number of nitrogens with zero attached hydrogens (tertiary/aromatic N) is 3. The van der Waals surface area contributed by atoms with E-state index in [1.54, 1.807) is 11.3 Å². The number of likely N-dealkylation sites (tertiary alicyclic amines) is 1. The van der Waals surface area contributed by atoms with Gasteiger partial charge in [-0.1, -0.05) is 18.2 Å². The zero-order chi connectivity index (χ0) is 20.8. The van der Waals surface area contributed by atoms with Gasteiger partial charge in [-0.25, -0.2) is 4.98 Å². The number of imidazole rings is 1. The number of amides is 1. The molecule has 0 atom stereocenters. The van der Waals surface area contributed by atoms with Crippen LogP contribution in [0.3, 0.4) is 0 Å². The van der Waals surface area contributed by atoms with Gasteiger partial charge < -0.3 is 18.9 Å². The van der Waals surface area contributed by atoms with Crippen LogP contribution in [0.4, 0.5) is 0 Å². The van der Waals surface area contributed by atoms with E-state index in [0.29, 0.717) is 25.7 Å². The van der Waals surface area contributed by atoms with Gasteiger partial charge >= 0.3 is 0 Å². The van der Waals surface area contributed by atoms with Crippen LogP contribution in [0.25, 0.3) is 10.1 Å². The molecule has 3 heterocycles. The SMILES string of the molecule is CCOCCOCCn1ccnc1C1CCN(C(=O)c2cc3ccccc3s2)CC1. The Labute approximate surface area is 181 Å². The Morgan fingerprint density at radius 3 is 2.77 bits per heavy atom. The van der Waals surface area contributed by atoms with E-state index in [1.165, 1.54) is 4.70 Å². The summed E-state index contributed by atoms with van der Waals surface area (Å²) in [5, 5.41) is 1.14. The Kier molecular flexibility index (Phi) is 7.15. The second-order valence-corrected chi connectivity index (χ2v) is 8.59. The number of benzene rings is 1. The standard InChI is InChI=1S/C23H29N3O3S/c1-2-28-15-16-29-14-13-25-12-9-24-22(25)18-7-10-26(11-8-18)23(27)21-17-19-5-3-4-6-20(19)30-21/h3-6,9,12,17-18H,2,7-8,10-11,13-16H2,1H3. The number of carbonyl (C=O) groups is 1. The number of ether oxygens (including phenoxy) is 2. The quantitative estimate of drug-likeness (QED) is 0.481. The molecule has 0 aliphatic carbocycles. The molecular formula is C23H29N3O3S. The first-order chi connectivity index (χ1) is 14.8. The summed E-state index contributed by atoms with van der Waals surface area (Å²) in [7, 11) is 0. The lowest BCUT2D eigenvalue weighted by atomic mass is 9.95. The molecule has 0 spiro atoms. The van der Waals surface area contributed by atoms with Crippen molar-refractivity contribution in [1.29, 1.82) is 0 Å². The predicted octanol–water partition coefficient (Wildman–Crippen LogP) is 4.17. The highest BCUT2D eigenvalue weighted by Crippen LogP contribution is 2.30. The van der Waals surface area contributed by atoms with Gasteiger partial charge in [-0.05, 0) is 37.3 Å². The molecule has 0 bridgehead atoms. The van der Waals surface area contributed by atoms with E-state index >= 15 is 0 Å². The second-order valence-electron chi connectivity index (χ2n) is 7.50. The Morgan fingerprint density at radius 1 is 1.17 bits per heavy atom. The summed E-state index contributed by atoms with van der Waals surface area (Å²) in [4.78, 5) is 20.4. The molecule has 0 unspecified atom stereocenters. The van der Waals surface area contributed by atoms with Crippen LogP contribution in [0, 0.1) is 0 Å². The van der Waals surface area contributed by atoms with Gasteiger partial charge in [-0.2, -0.15) is 0 Å². The minimum atomic E-state index is 0.153. The topological polar surface area (TPSA) is 56.6 Å². The summed E-state index contributed by atoms with van der Waals surface area (Å²) in [5.41, 5.74) is 0. The minimum absolute atomic E-state index is 0.153. The average Bonchev–Trinajstić information content (AvgIpc) is 3.43. The van der Waals surface area contributed by atoms with Crippen molar-refractivity contribution in [3.8, 4) is 0 Å². The molecule has 1 aromatic carbocycles. The maximum absolute atomic E-state index is 13.0. The van der Waals surface area contributed by atoms with Gasteiger partial charge in [0.1, 0.15) is 5.82 Å². The van der Waals surface area contributed by atoms with Crippen LogP contribution in [0.15, 0.2) is 42.7 Å². The van der Waals surface area contributed by atoms with Gasteiger partial charge in [0.05, 0.1) is 24.7 Å². The van der Waals surface area contributed by atoms with Gasteiger partial charge in [0.25, 0.3) is 5.91 Å². The molecule has 1 aliphatic heterocycles. The van der Waals surface area contributed by atoms with Crippen LogP contribution in [-0.4, -0.2) is 59.9 Å². The van der Waals surface area contributed by atoms with Crippen LogP contribution >= 0.6 is 11.3 Å². The van der Waals surface area contributed by atoms with Crippen LogP contribution in [-0.2, 0) is 16.0 Å². The highest BCUT2D eigenvalue weighted by atomic mass is 32.1. The van der Waals surface area contributed by atoms with Gasteiger partial charge in [-0.15, -0.1) is 11.3 Å². The molecule has 0 saturated carbocycles. The predicted molar refractivity (Wildman–Crippen MR) is 119 cm³/mol. The van der Waals surface area contributed by atoms with Crippen LogP contribution in [0.2, 0.25) is 0 Å². The van der Waals surface area contributed by atoms with Crippen molar-refractivity contribution >= 4 is 27.3 Å². The van der Waals surface area contributed by atoms with E-state index < -0.39 is 0 Å². The zero-order valence-corrected chi connectivity index (χ0v) is 18.3. The van der Waals surface area contributed by atoms with E-state index in [1.807, 2.05) is 42.4 Å². The van der Waals surface area contributed by atoms with Gasteiger partial charge in [-0.3, -0.25) is 4.79 Å². The van der Waals surface area contributed by atoms with E-state index in [2.05, 4.69) is 21.7 Å². The summed E-state index contributed by atoms with van der Waals surface area (Å²) in [6.45, 7) is 6.96. The molecule has 160 valence electrons. The molecule has 6 nitrogen and oxygen atoms in total. The number of piperidine rings is 1. The Hall–Kier alpha value is -2.22. The lowest BCUT2D eigenvalue weighted by Crippen LogP contribution is -2.38. The number of hydrogen-bond acceptors (Lipinski definition) is 5. The van der Waals surface area contributed by atoms with Crippen LogP contribution in [0.1, 0.15) is 41.2 Å². The lowest BCUT2D eigenvalue weighted by Gasteiger charge is -2.31. The normalized spacial score (nSPS) is 15.2.